The highest BCUT2D eigenvalue weighted by Gasteiger charge is 2.33. The van der Waals surface area contributed by atoms with E-state index in [0.29, 0.717) is 37.6 Å². The number of rotatable bonds is 4. The number of thiazole rings is 1. The fraction of sp³-hybridized carbons (Fsp3) is 0.364. The summed E-state index contributed by atoms with van der Waals surface area (Å²) in [6.07, 6.45) is 1.83. The Morgan fingerprint density at radius 1 is 1.16 bits per heavy atom. The maximum Gasteiger partial charge on any atom is 0.293 e. The first-order valence-corrected chi connectivity index (χ1v) is 11.2. The van der Waals surface area contributed by atoms with E-state index in [9.17, 15) is 14.9 Å². The molecule has 1 amide bonds. The molecule has 0 aliphatic carbocycles. The summed E-state index contributed by atoms with van der Waals surface area (Å²) >= 11 is 1.64. The number of morpholine rings is 1. The van der Waals surface area contributed by atoms with Crippen LogP contribution in [0.15, 0.2) is 42.5 Å². The summed E-state index contributed by atoms with van der Waals surface area (Å²) in [6.45, 7) is 2.70. The van der Waals surface area contributed by atoms with Crippen molar-refractivity contribution >= 4 is 38.8 Å². The third-order valence-electron chi connectivity index (χ3n) is 5.88. The Balaban J connectivity index is 1.48. The van der Waals surface area contributed by atoms with Gasteiger partial charge in [0, 0.05) is 31.3 Å². The average molecular weight is 439 g/mol. The zero-order valence-electron chi connectivity index (χ0n) is 16.9. The lowest BCUT2D eigenvalue weighted by Gasteiger charge is -2.28. The molecule has 1 atom stereocenters. The van der Waals surface area contributed by atoms with Gasteiger partial charge in [0.1, 0.15) is 10.7 Å². The van der Waals surface area contributed by atoms with Gasteiger partial charge in [0.2, 0.25) is 0 Å². The van der Waals surface area contributed by atoms with Crippen molar-refractivity contribution in [2.75, 3.05) is 37.7 Å². The SMILES string of the molecule is O=C(c1ccc(N2CCC[C@H]2c2nc3ccccc3s2)c([N+](=O)[O-])c1)N1CCOCC1. The number of fused-ring (bicyclic) bond motifs is 1. The first kappa shape index (κ1) is 19.9. The summed E-state index contributed by atoms with van der Waals surface area (Å²) in [5.74, 6) is -0.193. The van der Waals surface area contributed by atoms with Crippen LogP contribution in [0, 0.1) is 10.1 Å². The Morgan fingerprint density at radius 3 is 2.74 bits per heavy atom. The lowest BCUT2D eigenvalue weighted by molar-refractivity contribution is -0.384. The van der Waals surface area contributed by atoms with Gasteiger partial charge in [-0.05, 0) is 37.1 Å². The van der Waals surface area contributed by atoms with E-state index in [1.165, 1.54) is 6.07 Å². The smallest absolute Gasteiger partial charge is 0.293 e. The van der Waals surface area contributed by atoms with Gasteiger partial charge in [-0.2, -0.15) is 0 Å². The van der Waals surface area contributed by atoms with Crippen molar-refractivity contribution < 1.29 is 14.5 Å². The molecule has 2 saturated heterocycles. The molecule has 2 fully saturated rings. The highest BCUT2D eigenvalue weighted by atomic mass is 32.1. The molecule has 0 N–H and O–H groups in total. The number of hydrogen-bond acceptors (Lipinski definition) is 7. The summed E-state index contributed by atoms with van der Waals surface area (Å²) in [5, 5.41) is 12.9. The molecule has 0 radical (unpaired) electrons. The van der Waals surface area contributed by atoms with Crippen LogP contribution in [0.4, 0.5) is 11.4 Å². The number of para-hydroxylation sites is 1. The predicted molar refractivity (Wildman–Crippen MR) is 119 cm³/mol. The van der Waals surface area contributed by atoms with Gasteiger partial charge in [0.05, 0.1) is 34.4 Å². The van der Waals surface area contributed by atoms with E-state index in [4.69, 9.17) is 9.72 Å². The van der Waals surface area contributed by atoms with Crippen molar-refractivity contribution in [2.24, 2.45) is 0 Å². The van der Waals surface area contributed by atoms with Crippen LogP contribution >= 0.6 is 11.3 Å². The molecule has 3 heterocycles. The van der Waals surface area contributed by atoms with Crippen molar-refractivity contribution in [2.45, 2.75) is 18.9 Å². The Hall–Kier alpha value is -3.04. The topological polar surface area (TPSA) is 88.8 Å². The standard InChI is InChI=1S/C22H22N4O4S/c27-22(24-10-12-30-13-11-24)15-7-8-17(19(14-15)26(28)29)25-9-3-5-18(25)21-23-16-4-1-2-6-20(16)31-21/h1-2,4,6-8,14,18H,3,5,9-13H2/t18-/m0/s1. The van der Waals surface area contributed by atoms with Crippen LogP contribution in [0.1, 0.15) is 34.2 Å². The molecule has 3 aromatic rings. The van der Waals surface area contributed by atoms with E-state index in [0.717, 1.165) is 34.6 Å². The van der Waals surface area contributed by atoms with E-state index in [2.05, 4.69) is 4.90 Å². The van der Waals surface area contributed by atoms with Gasteiger partial charge >= 0.3 is 0 Å². The van der Waals surface area contributed by atoms with Crippen molar-refractivity contribution in [3.63, 3.8) is 0 Å². The fourth-order valence-corrected chi connectivity index (χ4v) is 5.45. The molecule has 1 aromatic heterocycles. The molecule has 2 aliphatic rings. The van der Waals surface area contributed by atoms with Crippen LogP contribution in [0.2, 0.25) is 0 Å². The number of nitro groups is 1. The minimum absolute atomic E-state index is 0.00288. The lowest BCUT2D eigenvalue weighted by Crippen LogP contribution is -2.40. The number of anilines is 1. The second-order valence-electron chi connectivity index (χ2n) is 7.74. The number of benzene rings is 2. The summed E-state index contributed by atoms with van der Waals surface area (Å²) in [5.41, 5.74) is 1.81. The summed E-state index contributed by atoms with van der Waals surface area (Å²) < 4.78 is 6.41. The predicted octanol–water partition coefficient (Wildman–Crippen LogP) is 4.02. The van der Waals surface area contributed by atoms with Gasteiger partial charge in [0.25, 0.3) is 11.6 Å². The Morgan fingerprint density at radius 2 is 1.97 bits per heavy atom. The molecular formula is C22H22N4O4S. The highest BCUT2D eigenvalue weighted by molar-refractivity contribution is 7.18. The lowest BCUT2D eigenvalue weighted by atomic mass is 10.1. The molecule has 0 bridgehead atoms. The van der Waals surface area contributed by atoms with Crippen LogP contribution < -0.4 is 4.90 Å². The molecule has 8 nitrogen and oxygen atoms in total. The van der Waals surface area contributed by atoms with Crippen LogP contribution in [-0.2, 0) is 4.74 Å². The minimum Gasteiger partial charge on any atom is -0.378 e. The van der Waals surface area contributed by atoms with E-state index >= 15 is 0 Å². The van der Waals surface area contributed by atoms with E-state index in [1.807, 2.05) is 24.3 Å². The molecule has 31 heavy (non-hydrogen) atoms. The second-order valence-corrected chi connectivity index (χ2v) is 8.80. The number of amides is 1. The summed E-state index contributed by atoms with van der Waals surface area (Å²) in [4.78, 5) is 32.9. The average Bonchev–Trinajstić information content (AvgIpc) is 3.45. The van der Waals surface area contributed by atoms with Crippen LogP contribution in [0.3, 0.4) is 0 Å². The number of carbonyl (C=O) groups is 1. The molecular weight excluding hydrogens is 416 g/mol. The molecule has 9 heteroatoms. The van der Waals surface area contributed by atoms with E-state index < -0.39 is 0 Å². The molecule has 0 saturated carbocycles. The van der Waals surface area contributed by atoms with Crippen molar-refractivity contribution in [1.82, 2.24) is 9.88 Å². The molecule has 5 rings (SSSR count). The van der Waals surface area contributed by atoms with Gasteiger partial charge in [-0.25, -0.2) is 4.98 Å². The Kier molecular flexibility index (Phi) is 5.29. The number of carbonyl (C=O) groups excluding carboxylic acids is 1. The van der Waals surface area contributed by atoms with Gasteiger partial charge in [-0.15, -0.1) is 11.3 Å². The Bertz CT molecular complexity index is 1110. The van der Waals surface area contributed by atoms with Crippen LogP contribution in [0.25, 0.3) is 10.2 Å². The van der Waals surface area contributed by atoms with E-state index in [1.54, 1.807) is 28.4 Å². The first-order chi connectivity index (χ1) is 15.1. The van der Waals surface area contributed by atoms with Crippen molar-refractivity contribution in [1.29, 1.82) is 0 Å². The Labute approximate surface area is 183 Å². The molecule has 2 aliphatic heterocycles. The quantitative estimate of drug-likeness (QED) is 0.452. The van der Waals surface area contributed by atoms with E-state index in [-0.39, 0.29) is 22.6 Å². The first-order valence-electron chi connectivity index (χ1n) is 10.4. The summed E-state index contributed by atoms with van der Waals surface area (Å²) in [6, 6.07) is 12.8. The molecule has 0 unspecified atom stereocenters. The van der Waals surface area contributed by atoms with Gasteiger partial charge in [0.15, 0.2) is 0 Å². The number of ether oxygens (including phenoxy) is 1. The van der Waals surface area contributed by atoms with Crippen LogP contribution in [0.5, 0.6) is 0 Å². The van der Waals surface area contributed by atoms with Crippen LogP contribution in [-0.4, -0.2) is 53.6 Å². The molecule has 160 valence electrons. The molecule has 2 aromatic carbocycles. The minimum atomic E-state index is -0.390. The van der Waals surface area contributed by atoms with Gasteiger partial charge < -0.3 is 14.5 Å². The highest BCUT2D eigenvalue weighted by Crippen LogP contribution is 2.42. The molecule has 0 spiro atoms. The monoisotopic (exact) mass is 438 g/mol. The second kappa shape index (κ2) is 8.24. The largest absolute Gasteiger partial charge is 0.378 e. The van der Waals surface area contributed by atoms with Gasteiger partial charge in [-0.1, -0.05) is 12.1 Å². The number of nitro benzene ring substituents is 1. The normalized spacial score (nSPS) is 19.2. The number of nitrogens with zero attached hydrogens (tertiary/aromatic N) is 4. The third kappa shape index (κ3) is 3.75. The third-order valence-corrected chi connectivity index (χ3v) is 7.01. The fourth-order valence-electron chi connectivity index (χ4n) is 4.34. The summed E-state index contributed by atoms with van der Waals surface area (Å²) in [7, 11) is 0. The number of aromatic nitrogens is 1. The van der Waals surface area contributed by atoms with Crippen molar-refractivity contribution in [3.8, 4) is 0 Å². The maximum absolute atomic E-state index is 12.8. The van der Waals surface area contributed by atoms with Crippen molar-refractivity contribution in [3.05, 3.63) is 63.1 Å². The maximum atomic E-state index is 12.8. The van der Waals surface area contributed by atoms with Gasteiger partial charge in [-0.3, -0.25) is 14.9 Å². The zero-order valence-corrected chi connectivity index (χ0v) is 17.7. The zero-order chi connectivity index (χ0) is 21.4. The number of hydrogen-bond donors (Lipinski definition) is 0.